The minimum Gasteiger partial charge on any atom is -0.346 e. The van der Waals surface area contributed by atoms with E-state index in [0.717, 1.165) is 18.4 Å². The molecule has 1 fully saturated rings. The molecule has 0 bridgehead atoms. The molecule has 1 unspecified atom stereocenters. The topological polar surface area (TPSA) is 75.4 Å². The lowest BCUT2D eigenvalue weighted by atomic mass is 10.0. The molecule has 7 heteroatoms. The fourth-order valence-corrected chi connectivity index (χ4v) is 2.57. The summed E-state index contributed by atoms with van der Waals surface area (Å²) in [7, 11) is 0. The summed E-state index contributed by atoms with van der Waals surface area (Å²) < 4.78 is 0. The van der Waals surface area contributed by atoms with E-state index in [9.17, 15) is 9.59 Å². The molecule has 2 amide bonds. The quantitative estimate of drug-likeness (QED) is 0.877. The van der Waals surface area contributed by atoms with E-state index in [2.05, 4.69) is 5.32 Å². The fourth-order valence-electron chi connectivity index (χ4n) is 2.44. The molecule has 0 spiro atoms. The predicted octanol–water partition coefficient (Wildman–Crippen LogP) is 1.50. The molecule has 0 aromatic heterocycles. The molecule has 21 heavy (non-hydrogen) atoms. The molecule has 5 nitrogen and oxygen atoms in total. The number of carbonyl (C=O) groups excluding carboxylic acids is 2. The average Bonchev–Trinajstić information content (AvgIpc) is 2.94. The maximum absolute atomic E-state index is 12.2. The Morgan fingerprint density at radius 2 is 2.00 bits per heavy atom. The Balaban J connectivity index is 0.00000220. The van der Waals surface area contributed by atoms with Crippen LogP contribution in [-0.4, -0.2) is 36.3 Å². The van der Waals surface area contributed by atoms with Crippen LogP contribution in [0.25, 0.3) is 0 Å². The molecule has 1 saturated heterocycles. The first-order valence-electron chi connectivity index (χ1n) is 6.63. The van der Waals surface area contributed by atoms with Gasteiger partial charge in [-0.25, -0.2) is 0 Å². The van der Waals surface area contributed by atoms with E-state index in [1.165, 1.54) is 0 Å². The molecule has 0 radical (unpaired) electrons. The van der Waals surface area contributed by atoms with E-state index >= 15 is 0 Å². The Morgan fingerprint density at radius 3 is 2.62 bits per heavy atom. The lowest BCUT2D eigenvalue weighted by molar-refractivity contribution is -0.133. The number of likely N-dealkylation sites (tertiary alicyclic amines) is 1. The SMILES string of the molecule is Cl.NCC(=O)NCC(=O)N1CCCC1c1ccc(Cl)cc1. The van der Waals surface area contributed by atoms with Crippen LogP contribution in [0.3, 0.4) is 0 Å². The normalized spacial score (nSPS) is 17.2. The number of rotatable bonds is 4. The Kier molecular flexibility index (Phi) is 6.95. The van der Waals surface area contributed by atoms with Gasteiger partial charge in [-0.3, -0.25) is 9.59 Å². The fraction of sp³-hybridized carbons (Fsp3) is 0.429. The van der Waals surface area contributed by atoms with Crippen LogP contribution in [0.5, 0.6) is 0 Å². The molecule has 1 aromatic carbocycles. The van der Waals surface area contributed by atoms with Gasteiger partial charge in [-0.05, 0) is 30.5 Å². The Bertz CT molecular complexity index is 493. The van der Waals surface area contributed by atoms with Crippen LogP contribution >= 0.6 is 24.0 Å². The summed E-state index contributed by atoms with van der Waals surface area (Å²) in [6.07, 6.45) is 1.89. The van der Waals surface area contributed by atoms with Gasteiger partial charge in [0.15, 0.2) is 0 Å². The van der Waals surface area contributed by atoms with Crippen LogP contribution in [0.15, 0.2) is 24.3 Å². The smallest absolute Gasteiger partial charge is 0.242 e. The molecule has 1 aliphatic rings. The number of nitrogens with zero attached hydrogens (tertiary/aromatic N) is 1. The van der Waals surface area contributed by atoms with Crippen molar-refractivity contribution in [3.63, 3.8) is 0 Å². The highest BCUT2D eigenvalue weighted by Gasteiger charge is 2.29. The van der Waals surface area contributed by atoms with E-state index < -0.39 is 0 Å². The first-order chi connectivity index (χ1) is 9.61. The van der Waals surface area contributed by atoms with Crippen molar-refractivity contribution in [1.29, 1.82) is 0 Å². The van der Waals surface area contributed by atoms with E-state index in [0.29, 0.717) is 11.6 Å². The van der Waals surface area contributed by atoms with Crippen molar-refractivity contribution in [1.82, 2.24) is 10.2 Å². The van der Waals surface area contributed by atoms with Gasteiger partial charge in [-0.15, -0.1) is 12.4 Å². The third-order valence-electron chi connectivity index (χ3n) is 3.45. The summed E-state index contributed by atoms with van der Waals surface area (Å²) in [4.78, 5) is 25.1. The maximum Gasteiger partial charge on any atom is 0.242 e. The maximum atomic E-state index is 12.2. The van der Waals surface area contributed by atoms with Crippen molar-refractivity contribution in [2.45, 2.75) is 18.9 Å². The number of halogens is 2. The first kappa shape index (κ1) is 17.8. The van der Waals surface area contributed by atoms with Crippen LogP contribution < -0.4 is 11.1 Å². The number of nitrogens with one attached hydrogen (secondary N) is 1. The number of amides is 2. The summed E-state index contributed by atoms with van der Waals surface area (Å²) in [5, 5.41) is 3.19. The van der Waals surface area contributed by atoms with E-state index in [1.54, 1.807) is 4.90 Å². The summed E-state index contributed by atoms with van der Waals surface area (Å²) in [5.74, 6) is -0.398. The lowest BCUT2D eigenvalue weighted by Crippen LogP contribution is -2.41. The number of nitrogens with two attached hydrogens (primary N) is 1. The van der Waals surface area contributed by atoms with E-state index in [-0.39, 0.29) is 43.4 Å². The van der Waals surface area contributed by atoms with E-state index in [1.807, 2.05) is 24.3 Å². The molecular formula is C14H19Cl2N3O2. The molecular weight excluding hydrogens is 313 g/mol. The predicted molar refractivity (Wildman–Crippen MR) is 84.5 cm³/mol. The van der Waals surface area contributed by atoms with Gasteiger partial charge in [0.05, 0.1) is 19.1 Å². The lowest BCUT2D eigenvalue weighted by Gasteiger charge is -2.25. The van der Waals surface area contributed by atoms with Gasteiger partial charge in [0, 0.05) is 11.6 Å². The second-order valence-corrected chi connectivity index (χ2v) is 5.21. The molecule has 116 valence electrons. The molecule has 0 aliphatic carbocycles. The summed E-state index contributed by atoms with van der Waals surface area (Å²) in [6.45, 7) is 0.610. The van der Waals surface area contributed by atoms with Gasteiger partial charge >= 0.3 is 0 Å². The standard InChI is InChI=1S/C14H18ClN3O2.ClH/c15-11-5-3-10(4-6-11)12-2-1-7-18(12)14(20)9-17-13(19)8-16;/h3-6,12H,1-2,7-9,16H2,(H,17,19);1H. The summed E-state index contributed by atoms with van der Waals surface area (Å²) >= 11 is 5.88. The van der Waals surface area contributed by atoms with Crippen LogP contribution in [0.1, 0.15) is 24.4 Å². The van der Waals surface area contributed by atoms with Gasteiger partial charge in [-0.1, -0.05) is 23.7 Å². The second-order valence-electron chi connectivity index (χ2n) is 4.78. The van der Waals surface area contributed by atoms with Crippen molar-refractivity contribution in [2.75, 3.05) is 19.6 Å². The van der Waals surface area contributed by atoms with Crippen molar-refractivity contribution in [3.8, 4) is 0 Å². The Hall–Kier alpha value is -1.30. The average molecular weight is 332 g/mol. The number of hydrogen-bond acceptors (Lipinski definition) is 3. The Morgan fingerprint density at radius 1 is 1.33 bits per heavy atom. The highest BCUT2D eigenvalue weighted by atomic mass is 35.5. The molecule has 1 heterocycles. The highest BCUT2D eigenvalue weighted by Crippen LogP contribution is 2.32. The van der Waals surface area contributed by atoms with Crippen LogP contribution in [0.4, 0.5) is 0 Å². The van der Waals surface area contributed by atoms with Gasteiger partial charge in [0.1, 0.15) is 0 Å². The monoisotopic (exact) mass is 331 g/mol. The molecule has 1 aliphatic heterocycles. The summed E-state index contributed by atoms with van der Waals surface area (Å²) in [6, 6.07) is 7.60. The highest BCUT2D eigenvalue weighted by molar-refractivity contribution is 6.30. The zero-order valence-electron chi connectivity index (χ0n) is 11.5. The van der Waals surface area contributed by atoms with Crippen molar-refractivity contribution in [3.05, 3.63) is 34.9 Å². The minimum absolute atomic E-state index is 0. The number of carbonyl (C=O) groups is 2. The molecule has 1 aromatic rings. The van der Waals surface area contributed by atoms with E-state index in [4.69, 9.17) is 17.3 Å². The number of benzene rings is 1. The largest absolute Gasteiger partial charge is 0.346 e. The summed E-state index contributed by atoms with van der Waals surface area (Å²) in [5.41, 5.74) is 6.27. The van der Waals surface area contributed by atoms with Gasteiger partial charge in [-0.2, -0.15) is 0 Å². The zero-order valence-corrected chi connectivity index (χ0v) is 13.1. The molecule has 3 N–H and O–H groups in total. The third-order valence-corrected chi connectivity index (χ3v) is 3.70. The molecule has 0 saturated carbocycles. The third kappa shape index (κ3) is 4.59. The van der Waals surface area contributed by atoms with Crippen LogP contribution in [-0.2, 0) is 9.59 Å². The van der Waals surface area contributed by atoms with Crippen molar-refractivity contribution >= 4 is 35.8 Å². The zero-order chi connectivity index (χ0) is 14.5. The van der Waals surface area contributed by atoms with Gasteiger partial charge < -0.3 is 16.0 Å². The van der Waals surface area contributed by atoms with Crippen molar-refractivity contribution in [2.24, 2.45) is 5.73 Å². The minimum atomic E-state index is -0.319. The second kappa shape index (κ2) is 8.22. The first-order valence-corrected chi connectivity index (χ1v) is 7.01. The number of hydrogen-bond donors (Lipinski definition) is 2. The van der Waals surface area contributed by atoms with Gasteiger partial charge in [0.2, 0.25) is 11.8 Å². The van der Waals surface area contributed by atoms with Crippen LogP contribution in [0, 0.1) is 0 Å². The molecule has 2 rings (SSSR count). The van der Waals surface area contributed by atoms with Gasteiger partial charge in [0.25, 0.3) is 0 Å². The van der Waals surface area contributed by atoms with Crippen molar-refractivity contribution < 1.29 is 9.59 Å². The Labute approximate surface area is 135 Å². The molecule has 1 atom stereocenters. The van der Waals surface area contributed by atoms with Crippen LogP contribution in [0.2, 0.25) is 5.02 Å².